The van der Waals surface area contributed by atoms with E-state index in [9.17, 15) is 9.67 Å². The van der Waals surface area contributed by atoms with E-state index in [1.165, 1.54) is 12.2 Å². The zero-order valence-electron chi connectivity index (χ0n) is 15.0. The van der Waals surface area contributed by atoms with Gasteiger partial charge >= 0.3 is 7.82 Å². The third-order valence-electron chi connectivity index (χ3n) is 3.53. The molecule has 0 aliphatic carbocycles. The van der Waals surface area contributed by atoms with E-state index in [0.29, 0.717) is 5.57 Å². The van der Waals surface area contributed by atoms with Crippen LogP contribution in [-0.4, -0.2) is 11.7 Å². The van der Waals surface area contributed by atoms with Crippen LogP contribution in [0.2, 0.25) is 0 Å². The van der Waals surface area contributed by atoms with Gasteiger partial charge in [0.1, 0.15) is 5.76 Å². The Morgan fingerprint density at radius 2 is 1.41 bits per heavy atom. The SMILES string of the molecule is C=C/C=C(/COP(=O)(OCc1ccccc1)OCc1ccccc1)C(=C)O. The van der Waals surface area contributed by atoms with E-state index in [1.54, 1.807) is 0 Å². The molecular formula is C21H23O5P. The van der Waals surface area contributed by atoms with Crippen molar-refractivity contribution >= 4 is 7.82 Å². The fourth-order valence-electron chi connectivity index (χ4n) is 2.09. The van der Waals surface area contributed by atoms with Crippen molar-refractivity contribution in [2.75, 3.05) is 6.61 Å². The van der Waals surface area contributed by atoms with Crippen LogP contribution in [0.1, 0.15) is 11.1 Å². The summed E-state index contributed by atoms with van der Waals surface area (Å²) >= 11 is 0. The maximum atomic E-state index is 13.1. The molecule has 0 fully saturated rings. The summed E-state index contributed by atoms with van der Waals surface area (Å²) in [5.74, 6) is -0.201. The zero-order chi connectivity index (χ0) is 19.5. The number of allylic oxidation sites excluding steroid dienone is 2. The molecule has 2 rings (SSSR count). The standard InChI is InChI=1S/C21H23O5P/c1-3-10-21(18(2)22)17-26-27(23,24-15-19-11-6-4-7-12-19)25-16-20-13-8-5-9-14-20/h3-14,22H,1-2,15-17H2/b21-10-. The van der Waals surface area contributed by atoms with Gasteiger partial charge < -0.3 is 5.11 Å². The molecule has 0 aromatic heterocycles. The number of aliphatic hydroxyl groups excluding tert-OH is 1. The van der Waals surface area contributed by atoms with Crippen LogP contribution in [-0.2, 0) is 31.4 Å². The Bertz CT molecular complexity index is 767. The Labute approximate surface area is 159 Å². The molecule has 5 nitrogen and oxygen atoms in total. The van der Waals surface area contributed by atoms with Crippen LogP contribution >= 0.6 is 7.82 Å². The minimum Gasteiger partial charge on any atom is -0.508 e. The number of aliphatic hydroxyl groups is 1. The van der Waals surface area contributed by atoms with Gasteiger partial charge in [0.2, 0.25) is 0 Å². The highest BCUT2D eigenvalue weighted by atomic mass is 31.2. The number of phosphoric acid groups is 1. The third-order valence-corrected chi connectivity index (χ3v) is 4.87. The molecule has 0 atom stereocenters. The first-order chi connectivity index (χ1) is 13.0. The van der Waals surface area contributed by atoms with Gasteiger partial charge in [-0.15, -0.1) is 0 Å². The lowest BCUT2D eigenvalue weighted by Gasteiger charge is -2.19. The predicted molar refractivity (Wildman–Crippen MR) is 106 cm³/mol. The summed E-state index contributed by atoms with van der Waals surface area (Å²) in [6, 6.07) is 18.6. The number of phosphoric ester groups is 1. The maximum Gasteiger partial charge on any atom is 0.475 e. The summed E-state index contributed by atoms with van der Waals surface area (Å²) in [7, 11) is -3.89. The zero-order valence-corrected chi connectivity index (χ0v) is 15.9. The Morgan fingerprint density at radius 3 is 1.81 bits per heavy atom. The highest BCUT2D eigenvalue weighted by Crippen LogP contribution is 2.51. The first kappa shape index (κ1) is 20.9. The van der Waals surface area contributed by atoms with Gasteiger partial charge in [0, 0.05) is 5.57 Å². The van der Waals surface area contributed by atoms with Crippen molar-refractivity contribution < 1.29 is 23.2 Å². The van der Waals surface area contributed by atoms with Gasteiger partial charge in [0.05, 0.1) is 19.8 Å². The van der Waals surface area contributed by atoms with Crippen molar-refractivity contribution in [1.29, 1.82) is 0 Å². The summed E-state index contributed by atoms with van der Waals surface area (Å²) in [6.45, 7) is 6.95. The average molecular weight is 386 g/mol. The quantitative estimate of drug-likeness (QED) is 0.304. The lowest BCUT2D eigenvalue weighted by molar-refractivity contribution is 0.109. The fraction of sp³-hybridized carbons (Fsp3) is 0.143. The highest BCUT2D eigenvalue weighted by molar-refractivity contribution is 7.48. The molecule has 0 heterocycles. The van der Waals surface area contributed by atoms with Gasteiger partial charge in [-0.1, -0.05) is 86.0 Å². The number of benzene rings is 2. The largest absolute Gasteiger partial charge is 0.508 e. The average Bonchev–Trinajstić information content (AvgIpc) is 2.70. The molecule has 0 saturated carbocycles. The third kappa shape index (κ3) is 7.37. The minimum atomic E-state index is -3.89. The molecule has 0 amide bonds. The van der Waals surface area contributed by atoms with Crippen molar-refractivity contribution in [3.8, 4) is 0 Å². The first-order valence-electron chi connectivity index (χ1n) is 8.34. The van der Waals surface area contributed by atoms with E-state index in [2.05, 4.69) is 13.2 Å². The van der Waals surface area contributed by atoms with Crippen LogP contribution in [0.5, 0.6) is 0 Å². The Balaban J connectivity index is 2.08. The van der Waals surface area contributed by atoms with Gasteiger partial charge in [-0.05, 0) is 11.1 Å². The Kier molecular flexibility index (Phi) is 8.24. The highest BCUT2D eigenvalue weighted by Gasteiger charge is 2.28. The van der Waals surface area contributed by atoms with Crippen LogP contribution in [0.4, 0.5) is 0 Å². The molecule has 1 N–H and O–H groups in total. The number of rotatable bonds is 11. The second-order valence-corrected chi connectivity index (χ2v) is 7.28. The van der Waals surface area contributed by atoms with E-state index < -0.39 is 7.82 Å². The van der Waals surface area contributed by atoms with Crippen molar-refractivity contribution in [2.45, 2.75) is 13.2 Å². The van der Waals surface area contributed by atoms with Gasteiger partial charge in [-0.3, -0.25) is 13.6 Å². The molecule has 0 saturated heterocycles. The molecular weight excluding hydrogens is 363 g/mol. The second kappa shape index (κ2) is 10.7. The normalized spacial score (nSPS) is 11.9. The van der Waals surface area contributed by atoms with Gasteiger partial charge in [0.25, 0.3) is 0 Å². The van der Waals surface area contributed by atoms with E-state index in [1.807, 2.05) is 60.7 Å². The fourth-order valence-corrected chi connectivity index (χ4v) is 3.22. The molecule has 0 unspecified atom stereocenters. The molecule has 6 heteroatoms. The van der Waals surface area contributed by atoms with Crippen LogP contribution in [0.3, 0.4) is 0 Å². The van der Waals surface area contributed by atoms with Crippen molar-refractivity contribution in [3.05, 3.63) is 108 Å². The van der Waals surface area contributed by atoms with Crippen molar-refractivity contribution in [2.24, 2.45) is 0 Å². The Morgan fingerprint density at radius 1 is 0.926 bits per heavy atom. The van der Waals surface area contributed by atoms with Gasteiger partial charge in [-0.25, -0.2) is 4.57 Å². The number of hydrogen-bond acceptors (Lipinski definition) is 5. The molecule has 2 aromatic rings. The molecule has 0 radical (unpaired) electrons. The summed E-state index contributed by atoms with van der Waals surface area (Å²) in [6.07, 6.45) is 2.99. The minimum absolute atomic E-state index is 0.0630. The van der Waals surface area contributed by atoms with Crippen LogP contribution in [0.15, 0.2) is 97.3 Å². The summed E-state index contributed by atoms with van der Waals surface area (Å²) in [5.41, 5.74) is 1.99. The van der Waals surface area contributed by atoms with Crippen LogP contribution in [0.25, 0.3) is 0 Å². The maximum absolute atomic E-state index is 13.1. The number of hydrogen-bond donors (Lipinski definition) is 1. The molecule has 142 valence electrons. The summed E-state index contributed by atoms with van der Waals surface area (Å²) in [5, 5.41) is 9.59. The molecule has 0 bridgehead atoms. The second-order valence-electron chi connectivity index (χ2n) is 5.61. The van der Waals surface area contributed by atoms with Gasteiger partial charge in [0.15, 0.2) is 0 Å². The molecule has 0 spiro atoms. The van der Waals surface area contributed by atoms with E-state index in [0.717, 1.165) is 11.1 Å². The topological polar surface area (TPSA) is 65.0 Å². The molecule has 0 aliphatic rings. The molecule has 2 aromatic carbocycles. The molecule has 27 heavy (non-hydrogen) atoms. The van der Waals surface area contributed by atoms with Gasteiger partial charge in [-0.2, -0.15) is 0 Å². The smallest absolute Gasteiger partial charge is 0.475 e. The first-order valence-corrected chi connectivity index (χ1v) is 9.80. The van der Waals surface area contributed by atoms with Crippen LogP contribution in [0, 0.1) is 0 Å². The van der Waals surface area contributed by atoms with Crippen LogP contribution < -0.4 is 0 Å². The predicted octanol–water partition coefficient (Wildman–Crippen LogP) is 5.73. The van der Waals surface area contributed by atoms with E-state index >= 15 is 0 Å². The Hall–Kier alpha value is -2.43. The lowest BCUT2D eigenvalue weighted by Crippen LogP contribution is -2.05. The van der Waals surface area contributed by atoms with Crippen molar-refractivity contribution in [3.63, 3.8) is 0 Å². The van der Waals surface area contributed by atoms with E-state index in [-0.39, 0.29) is 25.6 Å². The summed E-state index contributed by atoms with van der Waals surface area (Å²) < 4.78 is 29.5. The van der Waals surface area contributed by atoms with E-state index in [4.69, 9.17) is 13.6 Å². The summed E-state index contributed by atoms with van der Waals surface area (Å²) in [4.78, 5) is 0. The monoisotopic (exact) mass is 386 g/mol. The lowest BCUT2D eigenvalue weighted by atomic mass is 10.2. The van der Waals surface area contributed by atoms with Crippen molar-refractivity contribution in [1.82, 2.24) is 0 Å². The molecule has 0 aliphatic heterocycles.